The number of hydrogen-bond donors (Lipinski definition) is 1. The maximum Gasteiger partial charge on any atom is 0.0876 e. The molecule has 1 N–H and O–H groups in total. The zero-order chi connectivity index (χ0) is 9.80. The van der Waals surface area contributed by atoms with E-state index in [1.54, 1.807) is 0 Å². The Labute approximate surface area is 85.3 Å². The highest BCUT2D eigenvalue weighted by Gasteiger charge is 2.24. The van der Waals surface area contributed by atoms with Gasteiger partial charge in [0.25, 0.3) is 0 Å². The van der Waals surface area contributed by atoms with Crippen molar-refractivity contribution in [3.8, 4) is 0 Å². The van der Waals surface area contributed by atoms with E-state index >= 15 is 0 Å². The average Bonchev–Trinajstić information content (AvgIpc) is 2.22. The second-order valence-corrected chi connectivity index (χ2v) is 4.07. The number of hydrogen-bond acceptors (Lipinski definition) is 2. The first kappa shape index (κ1) is 9.94. The van der Waals surface area contributed by atoms with Gasteiger partial charge in [-0.25, -0.2) is 0 Å². The van der Waals surface area contributed by atoms with Crippen molar-refractivity contribution < 1.29 is 9.84 Å². The van der Waals surface area contributed by atoms with Crippen molar-refractivity contribution in [1.82, 2.24) is 0 Å². The van der Waals surface area contributed by atoms with Crippen molar-refractivity contribution in [3.63, 3.8) is 0 Å². The zero-order valence-corrected chi connectivity index (χ0v) is 8.43. The third-order valence-corrected chi connectivity index (χ3v) is 2.91. The van der Waals surface area contributed by atoms with Crippen LogP contribution in [0, 0.1) is 0 Å². The Balaban J connectivity index is 2.04. The molecular weight excluding hydrogens is 176 g/mol. The van der Waals surface area contributed by atoms with Crippen molar-refractivity contribution in [2.45, 2.75) is 50.4 Å². The van der Waals surface area contributed by atoms with Crippen LogP contribution in [0.2, 0.25) is 0 Å². The summed E-state index contributed by atoms with van der Waals surface area (Å²) < 4.78 is 5.80. The minimum atomic E-state index is -0.301. The molecule has 2 aliphatic rings. The van der Waals surface area contributed by atoms with Gasteiger partial charge in [0.2, 0.25) is 0 Å². The minimum absolute atomic E-state index is 0.0245. The van der Waals surface area contributed by atoms with Crippen LogP contribution in [0.4, 0.5) is 0 Å². The number of fused-ring (bicyclic) bond motifs is 2. The summed E-state index contributed by atoms with van der Waals surface area (Å²) in [6.07, 6.45) is 13.3. The fraction of sp³-hybridized carbons (Fsp3) is 0.667. The molecule has 0 aromatic rings. The Morgan fingerprint density at radius 3 is 2.71 bits per heavy atom. The molecule has 0 aliphatic carbocycles. The van der Waals surface area contributed by atoms with E-state index in [-0.39, 0.29) is 18.3 Å². The molecule has 3 atom stereocenters. The third-order valence-electron chi connectivity index (χ3n) is 2.91. The molecule has 0 aromatic heterocycles. The molecule has 2 rings (SSSR count). The topological polar surface area (TPSA) is 29.5 Å². The molecule has 0 aromatic carbocycles. The van der Waals surface area contributed by atoms with Crippen molar-refractivity contribution in [1.29, 1.82) is 0 Å². The summed E-state index contributed by atoms with van der Waals surface area (Å²) in [5, 5.41) is 9.85. The predicted octanol–water partition coefficient (Wildman–Crippen LogP) is 2.19. The third kappa shape index (κ3) is 2.46. The van der Waals surface area contributed by atoms with Crippen LogP contribution in [0.1, 0.15) is 32.1 Å². The number of rotatable bonds is 0. The lowest BCUT2D eigenvalue weighted by Crippen LogP contribution is -2.34. The van der Waals surface area contributed by atoms with Crippen molar-refractivity contribution in [2.24, 2.45) is 0 Å². The molecule has 0 saturated heterocycles. The molecule has 78 valence electrons. The van der Waals surface area contributed by atoms with Crippen LogP contribution in [-0.4, -0.2) is 23.4 Å². The number of aliphatic hydroxyl groups excluding tert-OH is 1. The van der Waals surface area contributed by atoms with Gasteiger partial charge in [-0.15, -0.1) is 0 Å². The SMILES string of the molecule is O[C@@H]1CC/C=C\CC[C@H]2C=CC[C@@H]1O2. The van der Waals surface area contributed by atoms with Crippen LogP contribution in [0.25, 0.3) is 0 Å². The molecule has 2 nitrogen and oxygen atoms in total. The highest BCUT2D eigenvalue weighted by molar-refractivity contribution is 5.00. The van der Waals surface area contributed by atoms with E-state index in [0.717, 1.165) is 32.1 Å². The van der Waals surface area contributed by atoms with Crippen molar-refractivity contribution in [2.75, 3.05) is 0 Å². The monoisotopic (exact) mass is 194 g/mol. The van der Waals surface area contributed by atoms with Crippen LogP contribution in [-0.2, 0) is 4.74 Å². The largest absolute Gasteiger partial charge is 0.390 e. The van der Waals surface area contributed by atoms with Crippen LogP contribution in [0.3, 0.4) is 0 Å². The highest BCUT2D eigenvalue weighted by atomic mass is 16.5. The minimum Gasteiger partial charge on any atom is -0.390 e. The van der Waals surface area contributed by atoms with E-state index in [2.05, 4.69) is 24.3 Å². The average molecular weight is 194 g/mol. The van der Waals surface area contributed by atoms with E-state index in [1.165, 1.54) is 0 Å². The van der Waals surface area contributed by atoms with E-state index in [0.29, 0.717) is 0 Å². The van der Waals surface area contributed by atoms with Gasteiger partial charge in [-0.05, 0) is 32.1 Å². The Kier molecular flexibility index (Phi) is 3.38. The standard InChI is InChI=1S/C12H18O2/c13-11-8-4-2-1-3-6-10-7-5-9-12(11)14-10/h1-2,5,7,10-13H,3-4,6,8-9H2/b2-1-/t10-,11+,12-/m0/s1. The van der Waals surface area contributed by atoms with Gasteiger partial charge in [0.15, 0.2) is 0 Å². The number of aliphatic hydroxyl groups is 1. The molecule has 0 amide bonds. The van der Waals surface area contributed by atoms with Gasteiger partial charge < -0.3 is 9.84 Å². The molecule has 2 bridgehead atoms. The zero-order valence-electron chi connectivity index (χ0n) is 8.43. The van der Waals surface area contributed by atoms with Gasteiger partial charge in [-0.2, -0.15) is 0 Å². The van der Waals surface area contributed by atoms with Crippen molar-refractivity contribution in [3.05, 3.63) is 24.3 Å². The Morgan fingerprint density at radius 2 is 1.86 bits per heavy atom. The molecule has 0 spiro atoms. The summed E-state index contributed by atoms with van der Waals surface area (Å²) in [5.74, 6) is 0. The lowest BCUT2D eigenvalue weighted by molar-refractivity contribution is -0.0700. The van der Waals surface area contributed by atoms with Crippen LogP contribution in [0.15, 0.2) is 24.3 Å². The maximum absolute atomic E-state index is 9.85. The predicted molar refractivity (Wildman–Crippen MR) is 56.0 cm³/mol. The van der Waals surface area contributed by atoms with Crippen molar-refractivity contribution >= 4 is 0 Å². The van der Waals surface area contributed by atoms with Gasteiger partial charge in [-0.3, -0.25) is 0 Å². The van der Waals surface area contributed by atoms with E-state index in [4.69, 9.17) is 4.74 Å². The van der Waals surface area contributed by atoms with Crippen LogP contribution >= 0.6 is 0 Å². The molecular formula is C12H18O2. The normalized spacial score (nSPS) is 40.5. The summed E-state index contributed by atoms with van der Waals surface area (Å²) in [7, 11) is 0. The first-order valence-corrected chi connectivity index (χ1v) is 5.51. The fourth-order valence-electron chi connectivity index (χ4n) is 2.05. The van der Waals surface area contributed by atoms with E-state index < -0.39 is 0 Å². The van der Waals surface area contributed by atoms with Crippen LogP contribution in [0.5, 0.6) is 0 Å². The van der Waals surface area contributed by atoms with Gasteiger partial charge in [-0.1, -0.05) is 24.3 Å². The fourth-order valence-corrected chi connectivity index (χ4v) is 2.05. The maximum atomic E-state index is 9.85. The molecule has 2 heterocycles. The molecule has 0 unspecified atom stereocenters. The number of allylic oxidation sites excluding steroid dienone is 2. The van der Waals surface area contributed by atoms with Gasteiger partial charge in [0.1, 0.15) is 0 Å². The highest BCUT2D eigenvalue weighted by Crippen LogP contribution is 2.22. The Morgan fingerprint density at radius 1 is 1.07 bits per heavy atom. The van der Waals surface area contributed by atoms with Gasteiger partial charge in [0.05, 0.1) is 18.3 Å². The lowest BCUT2D eigenvalue weighted by Gasteiger charge is -2.29. The quantitative estimate of drug-likeness (QED) is 0.599. The van der Waals surface area contributed by atoms with E-state index in [9.17, 15) is 5.11 Å². The second kappa shape index (κ2) is 4.76. The molecule has 0 fully saturated rings. The Hall–Kier alpha value is -0.600. The summed E-state index contributed by atoms with van der Waals surface area (Å²) >= 11 is 0. The first-order chi connectivity index (χ1) is 6.86. The summed E-state index contributed by atoms with van der Waals surface area (Å²) in [6.45, 7) is 0. The summed E-state index contributed by atoms with van der Waals surface area (Å²) in [6, 6.07) is 0. The lowest BCUT2D eigenvalue weighted by atomic mass is 9.99. The smallest absolute Gasteiger partial charge is 0.0876 e. The summed E-state index contributed by atoms with van der Waals surface area (Å²) in [4.78, 5) is 0. The molecule has 0 radical (unpaired) electrons. The van der Waals surface area contributed by atoms with E-state index in [1.807, 2.05) is 0 Å². The number of ether oxygens (including phenoxy) is 1. The first-order valence-electron chi connectivity index (χ1n) is 5.51. The molecule has 2 heteroatoms. The Bertz CT molecular complexity index is 232. The second-order valence-electron chi connectivity index (χ2n) is 4.07. The molecule has 2 aliphatic heterocycles. The van der Waals surface area contributed by atoms with Crippen LogP contribution < -0.4 is 0 Å². The molecule has 14 heavy (non-hydrogen) atoms. The van der Waals surface area contributed by atoms with Gasteiger partial charge in [0, 0.05) is 0 Å². The molecule has 0 saturated carbocycles. The summed E-state index contributed by atoms with van der Waals surface area (Å²) in [5.41, 5.74) is 0. The van der Waals surface area contributed by atoms with Gasteiger partial charge >= 0.3 is 0 Å².